The van der Waals surface area contributed by atoms with Crippen molar-refractivity contribution in [1.82, 2.24) is 0 Å². The maximum Gasteiger partial charge on any atom is 0.139 e. The van der Waals surface area contributed by atoms with Gasteiger partial charge < -0.3 is 10.1 Å². The third kappa shape index (κ3) is 6.03. The van der Waals surface area contributed by atoms with Gasteiger partial charge in [0.2, 0.25) is 0 Å². The summed E-state index contributed by atoms with van der Waals surface area (Å²) in [6.45, 7) is 6.47. The van der Waals surface area contributed by atoms with Crippen LogP contribution in [-0.2, 0) is 4.74 Å². The van der Waals surface area contributed by atoms with Gasteiger partial charge in [-0.2, -0.15) is 0 Å². The van der Waals surface area contributed by atoms with Crippen molar-refractivity contribution in [1.29, 1.82) is 0 Å². The van der Waals surface area contributed by atoms with Crippen LogP contribution in [0.15, 0.2) is 22.7 Å². The van der Waals surface area contributed by atoms with Crippen LogP contribution in [-0.4, -0.2) is 19.8 Å². The monoisotopic (exact) mass is 303 g/mol. The first kappa shape index (κ1) is 14.5. The Morgan fingerprint density at radius 3 is 2.76 bits per heavy atom. The summed E-state index contributed by atoms with van der Waals surface area (Å²) in [5.74, 6) is 0.416. The third-order valence-corrected chi connectivity index (χ3v) is 2.98. The molecule has 0 aliphatic heterocycles. The van der Waals surface area contributed by atoms with E-state index in [0.717, 1.165) is 18.7 Å². The molecule has 4 heteroatoms. The summed E-state index contributed by atoms with van der Waals surface area (Å²) in [6, 6.07) is 5.00. The molecule has 0 aliphatic rings. The molecule has 0 fully saturated rings. The molecular formula is C13H19BrFNO. The lowest BCUT2D eigenvalue weighted by Crippen LogP contribution is -2.10. The van der Waals surface area contributed by atoms with Crippen molar-refractivity contribution in [2.75, 3.05) is 25.1 Å². The molecule has 0 saturated heterocycles. The summed E-state index contributed by atoms with van der Waals surface area (Å²) in [5, 5.41) is 3.11. The molecule has 0 spiro atoms. The van der Waals surface area contributed by atoms with Crippen LogP contribution in [0.5, 0.6) is 0 Å². The lowest BCUT2D eigenvalue weighted by molar-refractivity contribution is 0.132. The van der Waals surface area contributed by atoms with Crippen molar-refractivity contribution in [2.24, 2.45) is 5.92 Å². The van der Waals surface area contributed by atoms with Gasteiger partial charge in [0.25, 0.3) is 0 Å². The topological polar surface area (TPSA) is 21.3 Å². The normalized spacial score (nSPS) is 10.9. The fraction of sp³-hybridized carbons (Fsp3) is 0.538. The number of hydrogen-bond donors (Lipinski definition) is 1. The molecule has 0 radical (unpaired) electrons. The fourth-order valence-electron chi connectivity index (χ4n) is 1.29. The molecule has 2 nitrogen and oxygen atoms in total. The highest BCUT2D eigenvalue weighted by molar-refractivity contribution is 9.10. The molecule has 1 N–H and O–H groups in total. The molecule has 1 aromatic rings. The SMILES string of the molecule is CC(C)CCOCCNc1ccc(Br)c(F)c1. The maximum absolute atomic E-state index is 13.2. The zero-order valence-corrected chi connectivity index (χ0v) is 11.9. The molecule has 0 amide bonds. The molecule has 17 heavy (non-hydrogen) atoms. The average Bonchev–Trinajstić information content (AvgIpc) is 2.27. The Kier molecular flexibility index (Phi) is 6.52. The summed E-state index contributed by atoms with van der Waals surface area (Å²) in [5.41, 5.74) is 0.776. The Hall–Kier alpha value is -0.610. The van der Waals surface area contributed by atoms with Crippen molar-refractivity contribution in [3.8, 4) is 0 Å². The van der Waals surface area contributed by atoms with Crippen LogP contribution in [0, 0.1) is 11.7 Å². The zero-order chi connectivity index (χ0) is 12.7. The Morgan fingerprint density at radius 1 is 1.35 bits per heavy atom. The number of rotatable bonds is 7. The van der Waals surface area contributed by atoms with Crippen LogP contribution >= 0.6 is 15.9 Å². The third-order valence-electron chi connectivity index (χ3n) is 2.33. The minimum atomic E-state index is -0.254. The van der Waals surface area contributed by atoms with Crippen molar-refractivity contribution >= 4 is 21.6 Å². The van der Waals surface area contributed by atoms with E-state index in [1.165, 1.54) is 6.07 Å². The van der Waals surface area contributed by atoms with Crippen molar-refractivity contribution < 1.29 is 9.13 Å². The first-order chi connectivity index (χ1) is 8.09. The number of benzene rings is 1. The molecule has 96 valence electrons. The van der Waals surface area contributed by atoms with Crippen LogP contribution in [0.1, 0.15) is 20.3 Å². The van der Waals surface area contributed by atoms with Crippen LogP contribution in [0.25, 0.3) is 0 Å². The predicted molar refractivity (Wildman–Crippen MR) is 72.9 cm³/mol. The smallest absolute Gasteiger partial charge is 0.139 e. The Bertz CT molecular complexity index is 344. The van der Waals surface area contributed by atoms with Crippen molar-refractivity contribution in [3.05, 3.63) is 28.5 Å². The van der Waals surface area contributed by atoms with E-state index >= 15 is 0 Å². The van der Waals surface area contributed by atoms with Crippen molar-refractivity contribution in [2.45, 2.75) is 20.3 Å². The van der Waals surface area contributed by atoms with Crippen LogP contribution in [0.3, 0.4) is 0 Å². The second-order valence-corrected chi connectivity index (χ2v) is 5.20. The number of ether oxygens (including phenoxy) is 1. The van der Waals surface area contributed by atoms with Gasteiger partial charge in [-0.05, 0) is 46.5 Å². The van der Waals surface area contributed by atoms with Gasteiger partial charge in [0, 0.05) is 18.8 Å². The first-order valence-electron chi connectivity index (χ1n) is 5.86. The molecule has 1 rings (SSSR count). The second-order valence-electron chi connectivity index (χ2n) is 4.35. The molecule has 0 heterocycles. The molecule has 0 bridgehead atoms. The summed E-state index contributed by atoms with van der Waals surface area (Å²) >= 11 is 3.12. The summed E-state index contributed by atoms with van der Waals surface area (Å²) in [6.07, 6.45) is 1.08. The summed E-state index contributed by atoms with van der Waals surface area (Å²) in [4.78, 5) is 0. The van der Waals surface area contributed by atoms with E-state index in [1.807, 2.05) is 6.07 Å². The van der Waals surface area contributed by atoms with E-state index in [2.05, 4.69) is 35.1 Å². The Morgan fingerprint density at radius 2 is 2.12 bits per heavy atom. The lowest BCUT2D eigenvalue weighted by atomic mass is 10.1. The number of halogens is 2. The van der Waals surface area contributed by atoms with E-state index in [0.29, 0.717) is 23.5 Å². The molecule has 0 atom stereocenters. The van der Waals surface area contributed by atoms with Crippen LogP contribution in [0.4, 0.5) is 10.1 Å². The minimum Gasteiger partial charge on any atom is -0.383 e. The summed E-state index contributed by atoms with van der Waals surface area (Å²) in [7, 11) is 0. The quantitative estimate of drug-likeness (QED) is 0.767. The van der Waals surface area contributed by atoms with Crippen LogP contribution < -0.4 is 5.32 Å². The average molecular weight is 304 g/mol. The van der Waals surface area contributed by atoms with Gasteiger partial charge in [0.05, 0.1) is 11.1 Å². The predicted octanol–water partition coefficient (Wildman–Crippen LogP) is 4.06. The highest BCUT2D eigenvalue weighted by Gasteiger charge is 2.00. The minimum absolute atomic E-state index is 0.254. The van der Waals surface area contributed by atoms with E-state index < -0.39 is 0 Å². The van der Waals surface area contributed by atoms with Gasteiger partial charge in [0.15, 0.2) is 0 Å². The van der Waals surface area contributed by atoms with Crippen molar-refractivity contribution in [3.63, 3.8) is 0 Å². The molecule has 0 unspecified atom stereocenters. The van der Waals surface area contributed by atoms with Gasteiger partial charge in [0.1, 0.15) is 5.82 Å². The van der Waals surface area contributed by atoms with E-state index in [-0.39, 0.29) is 5.82 Å². The molecular weight excluding hydrogens is 285 g/mol. The van der Waals surface area contributed by atoms with Gasteiger partial charge >= 0.3 is 0 Å². The van der Waals surface area contributed by atoms with Gasteiger partial charge in [-0.1, -0.05) is 13.8 Å². The molecule has 0 saturated carbocycles. The number of nitrogens with one attached hydrogen (secondary N) is 1. The first-order valence-corrected chi connectivity index (χ1v) is 6.65. The van der Waals surface area contributed by atoms with Crippen LogP contribution in [0.2, 0.25) is 0 Å². The highest BCUT2D eigenvalue weighted by atomic mass is 79.9. The molecule has 0 aromatic heterocycles. The second kappa shape index (κ2) is 7.67. The largest absolute Gasteiger partial charge is 0.383 e. The Balaban J connectivity index is 2.16. The fourth-order valence-corrected chi connectivity index (χ4v) is 1.54. The van der Waals surface area contributed by atoms with E-state index in [9.17, 15) is 4.39 Å². The molecule has 1 aromatic carbocycles. The van der Waals surface area contributed by atoms with Gasteiger partial charge in [-0.15, -0.1) is 0 Å². The maximum atomic E-state index is 13.2. The number of anilines is 1. The standard InChI is InChI=1S/C13H19BrFNO/c1-10(2)5-7-17-8-6-16-11-3-4-12(14)13(15)9-11/h3-4,9-10,16H,5-8H2,1-2H3. The summed E-state index contributed by atoms with van der Waals surface area (Å²) < 4.78 is 19.1. The number of hydrogen-bond acceptors (Lipinski definition) is 2. The van der Waals surface area contributed by atoms with Gasteiger partial charge in [-0.3, -0.25) is 0 Å². The molecule has 0 aliphatic carbocycles. The van der Waals surface area contributed by atoms with E-state index in [4.69, 9.17) is 4.74 Å². The zero-order valence-electron chi connectivity index (χ0n) is 10.3. The van der Waals surface area contributed by atoms with Gasteiger partial charge in [-0.25, -0.2) is 4.39 Å². The lowest BCUT2D eigenvalue weighted by Gasteiger charge is -2.09. The highest BCUT2D eigenvalue weighted by Crippen LogP contribution is 2.18. The van der Waals surface area contributed by atoms with E-state index in [1.54, 1.807) is 6.07 Å². The Labute approximate surface area is 111 Å².